The second-order valence-corrected chi connectivity index (χ2v) is 7.78. The monoisotopic (exact) mass is 414 g/mol. The van der Waals surface area contributed by atoms with Gasteiger partial charge in [0, 0.05) is 6.42 Å². The maximum atomic E-state index is 12.7. The summed E-state index contributed by atoms with van der Waals surface area (Å²) in [6.07, 6.45) is -0.295. The summed E-state index contributed by atoms with van der Waals surface area (Å²) in [7, 11) is 0. The fraction of sp³-hybridized carbons (Fsp3) is 0.200. The first kappa shape index (κ1) is 20.4. The zero-order valence-corrected chi connectivity index (χ0v) is 16.4. The van der Waals surface area contributed by atoms with E-state index in [0.29, 0.717) is 5.69 Å². The van der Waals surface area contributed by atoms with Crippen LogP contribution in [0, 0.1) is 13.8 Å². The Labute approximate surface area is 170 Å². The minimum atomic E-state index is -1.32. The van der Waals surface area contributed by atoms with E-state index in [1.807, 2.05) is 13.0 Å². The average molecular weight is 414 g/mol. The van der Waals surface area contributed by atoms with Crippen LogP contribution in [0.3, 0.4) is 0 Å². The van der Waals surface area contributed by atoms with E-state index < -0.39 is 28.3 Å². The van der Waals surface area contributed by atoms with Crippen molar-refractivity contribution in [2.24, 2.45) is 0 Å². The number of phenolic OH excluding ortho intramolecular Hbond substituents is 1. The molecule has 1 aliphatic heterocycles. The molecule has 2 aromatic rings. The number of rotatable bonds is 5. The number of carbonyl (C=O) groups is 4. The van der Waals surface area contributed by atoms with Gasteiger partial charge in [0.2, 0.25) is 11.8 Å². The largest absolute Gasteiger partial charge is 0.508 e. The maximum Gasteiger partial charge on any atom is 0.337 e. The van der Waals surface area contributed by atoms with Crippen LogP contribution in [0.5, 0.6) is 5.75 Å². The first-order chi connectivity index (χ1) is 13.7. The van der Waals surface area contributed by atoms with Gasteiger partial charge in [-0.3, -0.25) is 14.4 Å². The molecular formula is C20H18N2O6S. The number of carboxylic acids is 1. The molecule has 1 unspecified atom stereocenters. The summed E-state index contributed by atoms with van der Waals surface area (Å²) >= 11 is 0.762. The lowest BCUT2D eigenvalue weighted by molar-refractivity contribution is -0.121. The number of amides is 3. The average Bonchev–Trinajstić information content (AvgIpc) is 2.90. The molecular weight excluding hydrogens is 396 g/mol. The Morgan fingerprint density at radius 1 is 1.14 bits per heavy atom. The number of imide groups is 1. The quantitative estimate of drug-likeness (QED) is 0.641. The van der Waals surface area contributed by atoms with Gasteiger partial charge in [0.25, 0.3) is 5.24 Å². The minimum Gasteiger partial charge on any atom is -0.508 e. The van der Waals surface area contributed by atoms with Crippen molar-refractivity contribution < 1.29 is 29.4 Å². The number of carboxylic acid groups (broad SMARTS) is 1. The van der Waals surface area contributed by atoms with Gasteiger partial charge in [0.15, 0.2) is 0 Å². The number of aromatic hydroxyl groups is 1. The number of phenols is 1. The molecule has 2 aromatic carbocycles. The third-order valence-electron chi connectivity index (χ3n) is 4.39. The zero-order chi connectivity index (χ0) is 21.3. The molecule has 9 heteroatoms. The van der Waals surface area contributed by atoms with Crippen molar-refractivity contribution in [3.63, 3.8) is 0 Å². The van der Waals surface area contributed by atoms with Gasteiger partial charge in [0.1, 0.15) is 11.0 Å². The highest BCUT2D eigenvalue weighted by Crippen LogP contribution is 2.35. The molecule has 0 bridgehead atoms. The number of carbonyl (C=O) groups excluding carboxylic acids is 3. The Morgan fingerprint density at radius 3 is 2.52 bits per heavy atom. The first-order valence-corrected chi connectivity index (χ1v) is 9.53. The van der Waals surface area contributed by atoms with Crippen LogP contribution in [0.25, 0.3) is 0 Å². The molecule has 1 heterocycles. The van der Waals surface area contributed by atoms with Crippen LogP contribution >= 0.6 is 11.8 Å². The van der Waals surface area contributed by atoms with E-state index in [1.165, 1.54) is 12.1 Å². The van der Waals surface area contributed by atoms with Gasteiger partial charge < -0.3 is 15.5 Å². The fourth-order valence-electron chi connectivity index (χ4n) is 3.05. The Bertz CT molecular complexity index is 1040. The maximum absolute atomic E-state index is 12.7. The van der Waals surface area contributed by atoms with Gasteiger partial charge in [-0.05, 0) is 55.4 Å². The third-order valence-corrected chi connectivity index (χ3v) is 5.43. The SMILES string of the molecule is Cc1ccc(N2C(=O)SC(CC(=O)Nc3ccc(O)cc3C(=O)O)C2=O)c(C)c1. The van der Waals surface area contributed by atoms with E-state index >= 15 is 0 Å². The highest BCUT2D eigenvalue weighted by atomic mass is 32.2. The topological polar surface area (TPSA) is 124 Å². The van der Waals surface area contributed by atoms with E-state index in [-0.39, 0.29) is 23.4 Å². The van der Waals surface area contributed by atoms with Crippen molar-refractivity contribution in [3.8, 4) is 5.75 Å². The van der Waals surface area contributed by atoms with Crippen LogP contribution in [0.15, 0.2) is 36.4 Å². The van der Waals surface area contributed by atoms with Crippen molar-refractivity contribution >= 4 is 46.2 Å². The summed E-state index contributed by atoms with van der Waals surface area (Å²) in [5.74, 6) is -2.68. The highest BCUT2D eigenvalue weighted by Gasteiger charge is 2.42. The predicted octanol–water partition coefficient (Wildman–Crippen LogP) is 3.30. The summed E-state index contributed by atoms with van der Waals surface area (Å²) in [5.41, 5.74) is 1.96. The summed E-state index contributed by atoms with van der Waals surface area (Å²) in [6, 6.07) is 8.86. The molecule has 0 radical (unpaired) electrons. The van der Waals surface area contributed by atoms with Crippen LogP contribution in [-0.4, -0.2) is 38.5 Å². The molecule has 3 rings (SSSR count). The second kappa shape index (κ2) is 7.96. The molecule has 0 spiro atoms. The predicted molar refractivity (Wildman–Crippen MR) is 108 cm³/mol. The number of nitrogens with one attached hydrogen (secondary N) is 1. The molecule has 0 aliphatic carbocycles. The zero-order valence-electron chi connectivity index (χ0n) is 15.6. The molecule has 1 atom stereocenters. The summed E-state index contributed by atoms with van der Waals surface area (Å²) in [6.45, 7) is 3.70. The van der Waals surface area contributed by atoms with E-state index in [9.17, 15) is 29.4 Å². The van der Waals surface area contributed by atoms with Crippen LogP contribution < -0.4 is 10.2 Å². The van der Waals surface area contributed by atoms with Gasteiger partial charge >= 0.3 is 5.97 Å². The van der Waals surface area contributed by atoms with Crippen LogP contribution in [0.1, 0.15) is 27.9 Å². The Kier molecular flexibility index (Phi) is 5.60. The molecule has 3 amide bonds. The van der Waals surface area contributed by atoms with Crippen molar-refractivity contribution in [3.05, 3.63) is 53.1 Å². The molecule has 1 fully saturated rings. The van der Waals surface area contributed by atoms with Gasteiger partial charge in [0.05, 0.1) is 16.9 Å². The molecule has 0 aromatic heterocycles. The second-order valence-electron chi connectivity index (χ2n) is 6.62. The number of nitrogens with zero attached hydrogens (tertiary/aromatic N) is 1. The van der Waals surface area contributed by atoms with Gasteiger partial charge in [-0.25, -0.2) is 9.69 Å². The van der Waals surface area contributed by atoms with Crippen LogP contribution in [-0.2, 0) is 9.59 Å². The lowest BCUT2D eigenvalue weighted by Crippen LogP contribution is -2.33. The molecule has 1 aliphatic rings. The van der Waals surface area contributed by atoms with Crippen LogP contribution in [0.2, 0.25) is 0 Å². The Morgan fingerprint density at radius 2 is 1.86 bits per heavy atom. The number of aryl methyl sites for hydroxylation is 2. The normalized spacial score (nSPS) is 16.2. The smallest absolute Gasteiger partial charge is 0.337 e. The van der Waals surface area contributed by atoms with E-state index in [1.54, 1.807) is 19.1 Å². The van der Waals surface area contributed by atoms with Gasteiger partial charge in [-0.1, -0.05) is 17.7 Å². The van der Waals surface area contributed by atoms with Gasteiger partial charge in [-0.15, -0.1) is 0 Å². The molecule has 150 valence electrons. The highest BCUT2D eigenvalue weighted by molar-refractivity contribution is 8.15. The Hall–Kier alpha value is -3.33. The van der Waals surface area contributed by atoms with Gasteiger partial charge in [-0.2, -0.15) is 0 Å². The molecule has 3 N–H and O–H groups in total. The first-order valence-electron chi connectivity index (χ1n) is 8.65. The number of anilines is 2. The third kappa shape index (κ3) is 4.24. The van der Waals surface area contributed by atoms with E-state index in [0.717, 1.165) is 33.9 Å². The number of thioether (sulfide) groups is 1. The van der Waals surface area contributed by atoms with Crippen molar-refractivity contribution in [1.29, 1.82) is 0 Å². The lowest BCUT2D eigenvalue weighted by atomic mass is 10.1. The van der Waals surface area contributed by atoms with Crippen molar-refractivity contribution in [2.75, 3.05) is 10.2 Å². The number of hydrogen-bond donors (Lipinski definition) is 3. The summed E-state index contributed by atoms with van der Waals surface area (Å²) in [4.78, 5) is 49.8. The van der Waals surface area contributed by atoms with Crippen LogP contribution in [0.4, 0.5) is 16.2 Å². The number of benzene rings is 2. The fourth-order valence-corrected chi connectivity index (χ4v) is 4.03. The van der Waals surface area contributed by atoms with Crippen molar-refractivity contribution in [2.45, 2.75) is 25.5 Å². The molecule has 29 heavy (non-hydrogen) atoms. The summed E-state index contributed by atoms with van der Waals surface area (Å²) < 4.78 is 0. The molecule has 1 saturated heterocycles. The molecule has 0 saturated carbocycles. The Balaban J connectivity index is 1.75. The van der Waals surface area contributed by atoms with Crippen molar-refractivity contribution in [1.82, 2.24) is 0 Å². The minimum absolute atomic E-state index is 0.00620. The number of hydrogen-bond acceptors (Lipinski definition) is 6. The summed E-state index contributed by atoms with van der Waals surface area (Å²) in [5, 5.41) is 19.7. The van der Waals surface area contributed by atoms with E-state index in [2.05, 4.69) is 5.32 Å². The molecule has 8 nitrogen and oxygen atoms in total. The standard InChI is InChI=1S/C20H18N2O6S/c1-10-3-6-15(11(2)7-10)22-18(25)16(29-20(22)28)9-17(24)21-14-5-4-12(23)8-13(14)19(26)27/h3-8,16,23H,9H2,1-2H3,(H,21,24)(H,26,27). The lowest BCUT2D eigenvalue weighted by Gasteiger charge is -2.17. The number of aromatic carboxylic acids is 1. The van der Waals surface area contributed by atoms with E-state index in [4.69, 9.17) is 0 Å².